The average Bonchev–Trinajstić information content (AvgIpc) is 2.65. The summed E-state index contributed by atoms with van der Waals surface area (Å²) in [5, 5.41) is 3.68. The zero-order valence-electron chi connectivity index (χ0n) is 15.5. The minimum Gasteiger partial charge on any atom is -0.365 e. The first-order valence-electron chi connectivity index (χ1n) is 8.91. The van der Waals surface area contributed by atoms with Crippen LogP contribution in [-0.4, -0.2) is 32.0 Å². The van der Waals surface area contributed by atoms with Crippen LogP contribution in [0.5, 0.6) is 0 Å². The number of aromatic nitrogens is 4. The standard InChI is InChI=1S/C19H19F3N6/c1-18(2)7-10-28(18)17-26-15-13(6-4-9-24-15)16(27-17)25-11-12-5-3-8-23-14(12)19(20,21)22/h3-6,8-9H,7,10-11H2,1-2H3,(H,24,25,26,27). The zero-order chi connectivity index (χ0) is 19.9. The second-order valence-electron chi connectivity index (χ2n) is 7.32. The number of pyridine rings is 2. The van der Waals surface area contributed by atoms with Gasteiger partial charge in [-0.2, -0.15) is 23.1 Å². The number of hydrogen-bond acceptors (Lipinski definition) is 6. The zero-order valence-corrected chi connectivity index (χ0v) is 15.5. The molecule has 1 aliphatic heterocycles. The molecule has 4 rings (SSSR count). The van der Waals surface area contributed by atoms with Gasteiger partial charge in [0.05, 0.1) is 5.39 Å². The minimum absolute atomic E-state index is 0.0523. The van der Waals surface area contributed by atoms with Crippen molar-refractivity contribution in [2.75, 3.05) is 16.8 Å². The van der Waals surface area contributed by atoms with Crippen molar-refractivity contribution in [1.29, 1.82) is 0 Å². The van der Waals surface area contributed by atoms with E-state index in [0.29, 0.717) is 22.8 Å². The van der Waals surface area contributed by atoms with E-state index in [1.807, 2.05) is 0 Å². The molecular weight excluding hydrogens is 369 g/mol. The fraction of sp³-hybridized carbons (Fsp3) is 0.368. The summed E-state index contributed by atoms with van der Waals surface area (Å²) in [6.07, 6.45) is -0.724. The van der Waals surface area contributed by atoms with E-state index in [0.717, 1.165) is 19.2 Å². The van der Waals surface area contributed by atoms with E-state index < -0.39 is 11.9 Å². The minimum atomic E-state index is -4.51. The Morgan fingerprint density at radius 2 is 1.86 bits per heavy atom. The number of fused-ring (bicyclic) bond motifs is 1. The lowest BCUT2D eigenvalue weighted by molar-refractivity contribution is -0.141. The van der Waals surface area contributed by atoms with E-state index >= 15 is 0 Å². The molecule has 1 aliphatic rings. The largest absolute Gasteiger partial charge is 0.433 e. The normalized spacial score (nSPS) is 16.1. The number of nitrogens with zero attached hydrogens (tertiary/aromatic N) is 5. The number of rotatable bonds is 4. The number of halogens is 3. The molecule has 0 spiro atoms. The van der Waals surface area contributed by atoms with Crippen molar-refractivity contribution in [3.8, 4) is 0 Å². The molecular formula is C19H19F3N6. The van der Waals surface area contributed by atoms with Crippen molar-refractivity contribution in [1.82, 2.24) is 19.9 Å². The van der Waals surface area contributed by atoms with Crippen LogP contribution in [0.3, 0.4) is 0 Å². The molecule has 0 atom stereocenters. The van der Waals surface area contributed by atoms with Crippen LogP contribution < -0.4 is 10.2 Å². The van der Waals surface area contributed by atoms with Gasteiger partial charge in [-0.05, 0) is 38.5 Å². The van der Waals surface area contributed by atoms with Crippen LogP contribution >= 0.6 is 0 Å². The molecule has 1 saturated heterocycles. The highest BCUT2D eigenvalue weighted by atomic mass is 19.4. The Kier molecular flexibility index (Phi) is 4.32. The predicted octanol–water partition coefficient (Wildman–Crippen LogP) is 4.04. The third kappa shape index (κ3) is 3.32. The van der Waals surface area contributed by atoms with Crippen LogP contribution in [0.15, 0.2) is 36.7 Å². The van der Waals surface area contributed by atoms with E-state index in [1.54, 1.807) is 18.3 Å². The van der Waals surface area contributed by atoms with Gasteiger partial charge in [-0.25, -0.2) is 4.98 Å². The highest BCUT2D eigenvalue weighted by Crippen LogP contribution is 2.35. The van der Waals surface area contributed by atoms with Crippen molar-refractivity contribution in [2.24, 2.45) is 0 Å². The molecule has 0 saturated carbocycles. The van der Waals surface area contributed by atoms with Gasteiger partial charge in [0.1, 0.15) is 11.5 Å². The fourth-order valence-electron chi connectivity index (χ4n) is 3.26. The molecule has 3 aromatic heterocycles. The van der Waals surface area contributed by atoms with Gasteiger partial charge >= 0.3 is 6.18 Å². The Balaban J connectivity index is 1.69. The molecule has 0 aromatic carbocycles. The Morgan fingerprint density at radius 1 is 1.11 bits per heavy atom. The van der Waals surface area contributed by atoms with E-state index in [9.17, 15) is 13.2 Å². The van der Waals surface area contributed by atoms with E-state index in [-0.39, 0.29) is 17.6 Å². The Labute approximate surface area is 159 Å². The number of anilines is 2. The average molecular weight is 388 g/mol. The van der Waals surface area contributed by atoms with Crippen molar-refractivity contribution in [2.45, 2.75) is 38.5 Å². The van der Waals surface area contributed by atoms with Crippen LogP contribution in [0.4, 0.5) is 24.9 Å². The fourth-order valence-corrected chi connectivity index (χ4v) is 3.26. The molecule has 146 valence electrons. The van der Waals surface area contributed by atoms with Gasteiger partial charge in [0.2, 0.25) is 5.95 Å². The first-order chi connectivity index (χ1) is 13.3. The van der Waals surface area contributed by atoms with Gasteiger partial charge in [0.25, 0.3) is 0 Å². The molecule has 9 heteroatoms. The Hall–Kier alpha value is -2.97. The van der Waals surface area contributed by atoms with Gasteiger partial charge in [0, 0.05) is 36.6 Å². The van der Waals surface area contributed by atoms with Crippen molar-refractivity contribution >= 4 is 22.8 Å². The second-order valence-corrected chi connectivity index (χ2v) is 7.32. The SMILES string of the molecule is CC1(C)CCN1c1nc(NCc2cccnc2C(F)(F)F)c2cccnc2n1. The third-order valence-electron chi connectivity index (χ3n) is 4.98. The summed E-state index contributed by atoms with van der Waals surface area (Å²) < 4.78 is 39.6. The molecule has 1 fully saturated rings. The first-order valence-corrected chi connectivity index (χ1v) is 8.91. The van der Waals surface area contributed by atoms with Crippen LogP contribution in [0.2, 0.25) is 0 Å². The molecule has 4 heterocycles. The molecule has 0 unspecified atom stereocenters. The highest BCUT2D eigenvalue weighted by molar-refractivity contribution is 5.87. The van der Waals surface area contributed by atoms with Gasteiger partial charge < -0.3 is 10.2 Å². The molecule has 0 bridgehead atoms. The number of nitrogens with one attached hydrogen (secondary N) is 1. The molecule has 3 aromatic rings. The summed E-state index contributed by atoms with van der Waals surface area (Å²) in [5.74, 6) is 0.972. The van der Waals surface area contributed by atoms with Crippen molar-refractivity contribution in [3.05, 3.63) is 47.9 Å². The molecule has 0 aliphatic carbocycles. The van der Waals surface area contributed by atoms with Crippen molar-refractivity contribution < 1.29 is 13.2 Å². The predicted molar refractivity (Wildman–Crippen MR) is 99.9 cm³/mol. The van der Waals surface area contributed by atoms with E-state index in [1.165, 1.54) is 12.1 Å². The Morgan fingerprint density at radius 3 is 2.54 bits per heavy atom. The quantitative estimate of drug-likeness (QED) is 0.728. The Bertz CT molecular complexity index is 1020. The maximum Gasteiger partial charge on any atom is 0.433 e. The van der Waals surface area contributed by atoms with Crippen molar-refractivity contribution in [3.63, 3.8) is 0 Å². The summed E-state index contributed by atoms with van der Waals surface area (Å²) in [5.41, 5.74) is -0.411. The highest BCUT2D eigenvalue weighted by Gasteiger charge is 2.38. The number of alkyl halides is 3. The maximum absolute atomic E-state index is 13.2. The summed E-state index contributed by atoms with van der Waals surface area (Å²) in [4.78, 5) is 19.0. The van der Waals surface area contributed by atoms with Gasteiger partial charge in [-0.1, -0.05) is 6.07 Å². The van der Waals surface area contributed by atoms with Crippen LogP contribution in [0, 0.1) is 0 Å². The molecule has 0 amide bonds. The van der Waals surface area contributed by atoms with Gasteiger partial charge in [0.15, 0.2) is 5.65 Å². The summed E-state index contributed by atoms with van der Waals surface area (Å²) >= 11 is 0. The lowest BCUT2D eigenvalue weighted by atomic mass is 9.89. The van der Waals surface area contributed by atoms with Crippen LogP contribution in [0.25, 0.3) is 11.0 Å². The van der Waals surface area contributed by atoms with Gasteiger partial charge in [-0.3, -0.25) is 4.98 Å². The van der Waals surface area contributed by atoms with Crippen LogP contribution in [0.1, 0.15) is 31.5 Å². The molecule has 1 N–H and O–H groups in total. The van der Waals surface area contributed by atoms with Crippen LogP contribution in [-0.2, 0) is 12.7 Å². The lowest BCUT2D eigenvalue weighted by Crippen LogP contribution is -2.56. The first kappa shape index (κ1) is 18.4. The summed E-state index contributed by atoms with van der Waals surface area (Å²) in [6.45, 7) is 4.96. The third-order valence-corrected chi connectivity index (χ3v) is 4.98. The molecule has 0 radical (unpaired) electrons. The summed E-state index contributed by atoms with van der Waals surface area (Å²) in [6, 6.07) is 6.43. The maximum atomic E-state index is 13.2. The van der Waals surface area contributed by atoms with Gasteiger partial charge in [-0.15, -0.1) is 0 Å². The topological polar surface area (TPSA) is 66.8 Å². The number of hydrogen-bond donors (Lipinski definition) is 1. The molecule has 6 nitrogen and oxygen atoms in total. The summed E-state index contributed by atoms with van der Waals surface area (Å²) in [7, 11) is 0. The van der Waals surface area contributed by atoms with E-state index in [4.69, 9.17) is 0 Å². The monoisotopic (exact) mass is 388 g/mol. The molecule has 28 heavy (non-hydrogen) atoms. The second kappa shape index (κ2) is 6.57. The van der Waals surface area contributed by atoms with E-state index in [2.05, 4.69) is 44.0 Å². The lowest BCUT2D eigenvalue weighted by Gasteiger charge is -2.48. The smallest absolute Gasteiger partial charge is 0.365 e.